The van der Waals surface area contributed by atoms with Crippen molar-refractivity contribution in [3.8, 4) is 0 Å². The number of hydrogen-bond donors (Lipinski definition) is 1. The van der Waals surface area contributed by atoms with Crippen molar-refractivity contribution in [1.29, 1.82) is 0 Å². The highest BCUT2D eigenvalue weighted by Gasteiger charge is 2.39. The minimum Gasteiger partial charge on any atom is -0.385 e. The second-order valence-electron chi connectivity index (χ2n) is 4.62. The van der Waals surface area contributed by atoms with E-state index in [-0.39, 0.29) is 5.56 Å². The first-order valence-corrected chi connectivity index (χ1v) is 6.31. The third-order valence-electron chi connectivity index (χ3n) is 3.71. The molecule has 0 heterocycles. The summed E-state index contributed by atoms with van der Waals surface area (Å²) in [6.07, 6.45) is -5.22. The molecule has 0 aliphatic heterocycles. The van der Waals surface area contributed by atoms with Crippen LogP contribution in [0.15, 0.2) is 18.2 Å². The van der Waals surface area contributed by atoms with Gasteiger partial charge in [-0.3, -0.25) is 0 Å². The Morgan fingerprint density at radius 2 is 1.75 bits per heavy atom. The molecule has 0 amide bonds. The molecule has 0 aliphatic carbocycles. The van der Waals surface area contributed by atoms with Crippen molar-refractivity contribution in [3.63, 3.8) is 0 Å². The van der Waals surface area contributed by atoms with E-state index in [1.807, 2.05) is 0 Å². The van der Waals surface area contributed by atoms with Gasteiger partial charge >= 0.3 is 6.18 Å². The van der Waals surface area contributed by atoms with E-state index in [9.17, 15) is 22.7 Å². The first kappa shape index (κ1) is 16.9. The highest BCUT2D eigenvalue weighted by atomic mass is 19.4. The molecule has 1 N–H and O–H groups in total. The van der Waals surface area contributed by atoms with Crippen LogP contribution in [0.5, 0.6) is 0 Å². The number of rotatable bonds is 5. The van der Waals surface area contributed by atoms with E-state index in [2.05, 4.69) is 0 Å². The van der Waals surface area contributed by atoms with E-state index >= 15 is 0 Å². The minimum atomic E-state index is -4.80. The van der Waals surface area contributed by atoms with Crippen LogP contribution in [0.3, 0.4) is 0 Å². The molecule has 0 aromatic heterocycles. The van der Waals surface area contributed by atoms with E-state index in [0.29, 0.717) is 25.0 Å². The van der Waals surface area contributed by atoms with Crippen LogP contribution < -0.4 is 0 Å². The molecule has 0 fully saturated rings. The Labute approximate surface area is 115 Å². The van der Waals surface area contributed by atoms with Crippen molar-refractivity contribution in [1.82, 2.24) is 0 Å². The van der Waals surface area contributed by atoms with Crippen LogP contribution in [0.4, 0.5) is 17.6 Å². The fraction of sp³-hybridized carbons (Fsp3) is 0.571. The lowest BCUT2D eigenvalue weighted by molar-refractivity contribution is -0.140. The molecule has 1 aromatic rings. The molecule has 0 aliphatic rings. The standard InChI is InChI=1S/C14H18F4O2/c1-4-13(5-2,20-3)12(19)9-6-7-11(15)10(8-9)14(16,17)18/h6-8,12,19H,4-5H2,1-3H3. The number of alkyl halides is 3. The van der Waals surface area contributed by atoms with Crippen LogP contribution >= 0.6 is 0 Å². The van der Waals surface area contributed by atoms with Crippen LogP contribution in [0.2, 0.25) is 0 Å². The number of halogens is 4. The highest BCUT2D eigenvalue weighted by Crippen LogP contribution is 2.38. The zero-order chi connectivity index (χ0) is 15.6. The fourth-order valence-electron chi connectivity index (χ4n) is 2.27. The molecule has 0 saturated carbocycles. The molecule has 2 nitrogen and oxygen atoms in total. The molecule has 1 atom stereocenters. The van der Waals surface area contributed by atoms with Gasteiger partial charge in [0, 0.05) is 7.11 Å². The zero-order valence-electron chi connectivity index (χ0n) is 11.6. The molecule has 1 aromatic carbocycles. The van der Waals surface area contributed by atoms with E-state index < -0.39 is 29.3 Å². The number of hydrogen-bond acceptors (Lipinski definition) is 2. The average Bonchev–Trinajstić information content (AvgIpc) is 2.40. The topological polar surface area (TPSA) is 29.5 Å². The molecule has 0 radical (unpaired) electrons. The summed E-state index contributed by atoms with van der Waals surface area (Å²) in [7, 11) is 1.39. The maximum Gasteiger partial charge on any atom is 0.419 e. The van der Waals surface area contributed by atoms with Crippen LogP contribution in [0.1, 0.15) is 43.9 Å². The summed E-state index contributed by atoms with van der Waals surface area (Å²) in [5.74, 6) is -1.36. The van der Waals surface area contributed by atoms with Gasteiger partial charge in [-0.15, -0.1) is 0 Å². The van der Waals surface area contributed by atoms with Crippen LogP contribution in [-0.2, 0) is 10.9 Å². The third-order valence-corrected chi connectivity index (χ3v) is 3.71. The molecular formula is C14H18F4O2. The minimum absolute atomic E-state index is 0.00993. The lowest BCUT2D eigenvalue weighted by atomic mass is 9.85. The SMILES string of the molecule is CCC(CC)(OC)C(O)c1ccc(F)c(C(F)(F)F)c1. The van der Waals surface area contributed by atoms with Gasteiger partial charge in [0.15, 0.2) is 0 Å². The van der Waals surface area contributed by atoms with Gasteiger partial charge in [0.05, 0.1) is 11.2 Å². The van der Waals surface area contributed by atoms with Gasteiger partial charge in [0.1, 0.15) is 11.9 Å². The third kappa shape index (κ3) is 3.12. The molecule has 1 rings (SSSR count). The van der Waals surface area contributed by atoms with Gasteiger partial charge in [-0.1, -0.05) is 19.9 Å². The molecule has 20 heavy (non-hydrogen) atoms. The first-order valence-electron chi connectivity index (χ1n) is 6.31. The molecular weight excluding hydrogens is 276 g/mol. The van der Waals surface area contributed by atoms with Crippen LogP contribution in [-0.4, -0.2) is 17.8 Å². The molecule has 0 saturated heterocycles. The second-order valence-corrected chi connectivity index (χ2v) is 4.62. The number of aliphatic hydroxyl groups excluding tert-OH is 1. The quantitative estimate of drug-likeness (QED) is 0.829. The number of methoxy groups -OCH3 is 1. The van der Waals surface area contributed by atoms with E-state index in [0.717, 1.165) is 6.07 Å². The number of aliphatic hydroxyl groups is 1. The monoisotopic (exact) mass is 294 g/mol. The Balaban J connectivity index is 3.27. The Morgan fingerprint density at radius 1 is 1.20 bits per heavy atom. The van der Waals surface area contributed by atoms with Crippen molar-refractivity contribution >= 4 is 0 Å². The van der Waals surface area contributed by atoms with Crippen molar-refractivity contribution in [3.05, 3.63) is 35.1 Å². The van der Waals surface area contributed by atoms with Gasteiger partial charge in [-0.05, 0) is 30.5 Å². The average molecular weight is 294 g/mol. The predicted octanol–water partition coefficient (Wildman–Crippen LogP) is 4.08. The molecule has 114 valence electrons. The summed E-state index contributed by atoms with van der Waals surface area (Å²) in [6, 6.07) is 2.50. The predicted molar refractivity (Wildman–Crippen MR) is 66.7 cm³/mol. The van der Waals surface area contributed by atoms with Crippen LogP contribution in [0, 0.1) is 5.82 Å². The highest BCUT2D eigenvalue weighted by molar-refractivity contribution is 5.30. The summed E-state index contributed by atoms with van der Waals surface area (Å²) < 4.78 is 56.6. The van der Waals surface area contributed by atoms with Crippen molar-refractivity contribution in [2.75, 3.05) is 7.11 Å². The van der Waals surface area contributed by atoms with Crippen molar-refractivity contribution in [2.45, 2.75) is 44.6 Å². The summed E-state index contributed by atoms with van der Waals surface area (Å²) in [4.78, 5) is 0. The zero-order valence-corrected chi connectivity index (χ0v) is 11.6. The Morgan fingerprint density at radius 3 is 2.15 bits per heavy atom. The summed E-state index contributed by atoms with van der Waals surface area (Å²) in [6.45, 7) is 3.54. The van der Waals surface area contributed by atoms with Gasteiger partial charge in [-0.25, -0.2) is 4.39 Å². The summed E-state index contributed by atoms with van der Waals surface area (Å²) >= 11 is 0. The van der Waals surface area contributed by atoms with E-state index in [1.165, 1.54) is 7.11 Å². The van der Waals surface area contributed by atoms with E-state index in [4.69, 9.17) is 4.74 Å². The normalized spacial score (nSPS) is 14.4. The molecule has 6 heteroatoms. The van der Waals surface area contributed by atoms with Crippen molar-refractivity contribution < 1.29 is 27.4 Å². The summed E-state index contributed by atoms with van der Waals surface area (Å²) in [5.41, 5.74) is -2.38. The lowest BCUT2D eigenvalue weighted by Gasteiger charge is -2.35. The lowest BCUT2D eigenvalue weighted by Crippen LogP contribution is -2.37. The molecule has 1 unspecified atom stereocenters. The largest absolute Gasteiger partial charge is 0.419 e. The Kier molecular flexibility index (Phi) is 5.15. The smallest absolute Gasteiger partial charge is 0.385 e. The van der Waals surface area contributed by atoms with Crippen molar-refractivity contribution in [2.24, 2.45) is 0 Å². The van der Waals surface area contributed by atoms with Gasteiger partial charge in [-0.2, -0.15) is 13.2 Å². The maximum atomic E-state index is 13.2. The second kappa shape index (κ2) is 6.10. The van der Waals surface area contributed by atoms with E-state index in [1.54, 1.807) is 13.8 Å². The number of ether oxygens (including phenoxy) is 1. The molecule has 0 spiro atoms. The first-order chi connectivity index (χ1) is 9.21. The Hall–Kier alpha value is -1.14. The van der Waals surface area contributed by atoms with Gasteiger partial charge in [0.25, 0.3) is 0 Å². The van der Waals surface area contributed by atoms with Gasteiger partial charge in [0.2, 0.25) is 0 Å². The molecule has 0 bridgehead atoms. The van der Waals surface area contributed by atoms with Crippen LogP contribution in [0.25, 0.3) is 0 Å². The number of benzene rings is 1. The maximum absolute atomic E-state index is 13.2. The fourth-order valence-corrected chi connectivity index (χ4v) is 2.27. The summed E-state index contributed by atoms with van der Waals surface area (Å²) in [5, 5.41) is 10.3. The Bertz CT molecular complexity index is 445. The van der Waals surface area contributed by atoms with Gasteiger partial charge < -0.3 is 9.84 Å².